The van der Waals surface area contributed by atoms with E-state index in [1.165, 1.54) is 0 Å². The molecule has 2 bridgehead atoms. The third-order valence-electron chi connectivity index (χ3n) is 5.06. The molecule has 0 N–H and O–H groups in total. The minimum Gasteiger partial charge on any atom is -0.348 e. The Morgan fingerprint density at radius 3 is 2.71 bits per heavy atom. The minimum absolute atomic E-state index is 0.0693. The standard InChI is InChI=1S/C15H19N5O/c1-19(2)13(21)15-7-14(8-15,9-15)4-11-16-5-10-6-17-20(3)12(10)18-11/h5-6H,4,7-9H2,1-3H3. The van der Waals surface area contributed by atoms with E-state index in [4.69, 9.17) is 0 Å². The monoisotopic (exact) mass is 285 g/mol. The van der Waals surface area contributed by atoms with Crippen LogP contribution in [0.15, 0.2) is 12.4 Å². The number of fused-ring (bicyclic) bond motifs is 1. The number of carbonyl (C=O) groups excluding carboxylic acids is 1. The van der Waals surface area contributed by atoms with Gasteiger partial charge in [-0.15, -0.1) is 0 Å². The minimum atomic E-state index is -0.0693. The number of aromatic nitrogens is 4. The normalized spacial score (nSPS) is 29.9. The second-order valence-corrected chi connectivity index (χ2v) is 7.02. The molecule has 0 radical (unpaired) electrons. The van der Waals surface area contributed by atoms with Gasteiger partial charge in [-0.3, -0.25) is 9.48 Å². The van der Waals surface area contributed by atoms with Gasteiger partial charge in [0.05, 0.1) is 17.0 Å². The summed E-state index contributed by atoms with van der Waals surface area (Å²) in [7, 11) is 5.58. The maximum absolute atomic E-state index is 12.1. The van der Waals surface area contributed by atoms with E-state index in [2.05, 4.69) is 15.1 Å². The molecule has 5 rings (SSSR count). The van der Waals surface area contributed by atoms with Crippen molar-refractivity contribution in [3.8, 4) is 0 Å². The topological polar surface area (TPSA) is 63.9 Å². The van der Waals surface area contributed by atoms with Crippen molar-refractivity contribution in [3.63, 3.8) is 0 Å². The van der Waals surface area contributed by atoms with Crippen LogP contribution < -0.4 is 0 Å². The van der Waals surface area contributed by atoms with E-state index in [1.54, 1.807) is 15.8 Å². The van der Waals surface area contributed by atoms with Crippen LogP contribution in [0.2, 0.25) is 0 Å². The Bertz CT molecular complexity index is 728. The number of nitrogens with zero attached hydrogens (tertiary/aromatic N) is 5. The highest BCUT2D eigenvalue weighted by molar-refractivity contribution is 5.86. The smallest absolute Gasteiger partial charge is 0.228 e. The number of hydrogen-bond acceptors (Lipinski definition) is 4. The molecule has 0 spiro atoms. The Morgan fingerprint density at radius 1 is 1.33 bits per heavy atom. The molecule has 2 aromatic rings. The Morgan fingerprint density at radius 2 is 2.05 bits per heavy atom. The van der Waals surface area contributed by atoms with Gasteiger partial charge in [-0.05, 0) is 24.7 Å². The number of hydrogen-bond donors (Lipinski definition) is 0. The highest BCUT2D eigenvalue weighted by Gasteiger charge is 2.71. The van der Waals surface area contributed by atoms with Crippen LogP contribution >= 0.6 is 0 Å². The van der Waals surface area contributed by atoms with E-state index in [1.807, 2.05) is 27.3 Å². The third-order valence-corrected chi connectivity index (χ3v) is 5.06. The second-order valence-electron chi connectivity index (χ2n) is 7.02. The fourth-order valence-corrected chi connectivity index (χ4v) is 4.28. The summed E-state index contributed by atoms with van der Waals surface area (Å²) >= 11 is 0. The van der Waals surface area contributed by atoms with Crippen molar-refractivity contribution in [1.82, 2.24) is 24.6 Å². The van der Waals surface area contributed by atoms with Crippen LogP contribution in [0.5, 0.6) is 0 Å². The zero-order valence-electron chi connectivity index (χ0n) is 12.6. The first kappa shape index (κ1) is 12.7. The summed E-state index contributed by atoms with van der Waals surface area (Å²) in [6, 6.07) is 0. The van der Waals surface area contributed by atoms with Gasteiger partial charge in [-0.25, -0.2) is 9.97 Å². The Hall–Kier alpha value is -1.98. The van der Waals surface area contributed by atoms with Crippen LogP contribution in [0, 0.1) is 10.8 Å². The maximum atomic E-state index is 12.1. The van der Waals surface area contributed by atoms with Gasteiger partial charge in [0.15, 0.2) is 5.65 Å². The van der Waals surface area contributed by atoms with E-state index in [-0.39, 0.29) is 16.7 Å². The zero-order valence-corrected chi connectivity index (χ0v) is 12.6. The average molecular weight is 285 g/mol. The van der Waals surface area contributed by atoms with Crippen LogP contribution in [0.3, 0.4) is 0 Å². The highest BCUT2D eigenvalue weighted by atomic mass is 16.2. The lowest BCUT2D eigenvalue weighted by Crippen LogP contribution is -2.68. The fraction of sp³-hybridized carbons (Fsp3) is 0.600. The Labute approximate surface area is 123 Å². The van der Waals surface area contributed by atoms with Crippen molar-refractivity contribution >= 4 is 16.9 Å². The first-order valence-electron chi connectivity index (χ1n) is 7.29. The molecular weight excluding hydrogens is 266 g/mol. The van der Waals surface area contributed by atoms with E-state index in [0.717, 1.165) is 42.5 Å². The SMILES string of the molecule is CN(C)C(=O)C12CC(Cc3ncc4cnn(C)c4n3)(C1)C2. The van der Waals surface area contributed by atoms with Crippen molar-refractivity contribution < 1.29 is 4.79 Å². The van der Waals surface area contributed by atoms with Crippen molar-refractivity contribution in [2.45, 2.75) is 25.7 Å². The summed E-state index contributed by atoms with van der Waals surface area (Å²) in [4.78, 5) is 22.9. The number of rotatable bonds is 3. The third kappa shape index (κ3) is 1.65. The number of carbonyl (C=O) groups is 1. The van der Waals surface area contributed by atoms with Crippen LogP contribution in [0.1, 0.15) is 25.1 Å². The molecule has 0 aliphatic heterocycles. The second kappa shape index (κ2) is 3.81. The summed E-state index contributed by atoms with van der Waals surface area (Å²) in [6.07, 6.45) is 7.47. The molecule has 6 heteroatoms. The van der Waals surface area contributed by atoms with Gasteiger partial charge < -0.3 is 4.90 Å². The lowest BCUT2D eigenvalue weighted by atomic mass is 9.34. The highest BCUT2D eigenvalue weighted by Crippen LogP contribution is 2.74. The molecule has 6 nitrogen and oxygen atoms in total. The van der Waals surface area contributed by atoms with Crippen LogP contribution in [0.4, 0.5) is 0 Å². The summed E-state index contributed by atoms with van der Waals surface area (Å²) in [5, 5.41) is 5.17. The lowest BCUT2D eigenvalue weighted by molar-refractivity contribution is -0.214. The predicted octanol–water partition coefficient (Wildman–Crippen LogP) is 1.16. The number of amides is 1. The van der Waals surface area contributed by atoms with Gasteiger partial charge in [-0.2, -0.15) is 5.10 Å². The van der Waals surface area contributed by atoms with Gasteiger partial charge in [0.2, 0.25) is 5.91 Å². The molecular formula is C15H19N5O. The maximum Gasteiger partial charge on any atom is 0.228 e. The van der Waals surface area contributed by atoms with Gasteiger partial charge in [0.25, 0.3) is 0 Å². The largest absolute Gasteiger partial charge is 0.348 e. The van der Waals surface area contributed by atoms with Crippen molar-refractivity contribution in [1.29, 1.82) is 0 Å². The fourth-order valence-electron chi connectivity index (χ4n) is 4.28. The summed E-state index contributed by atoms with van der Waals surface area (Å²) < 4.78 is 1.78. The van der Waals surface area contributed by atoms with Crippen LogP contribution in [-0.2, 0) is 18.3 Å². The molecule has 0 atom stereocenters. The van der Waals surface area contributed by atoms with E-state index in [9.17, 15) is 4.79 Å². The van der Waals surface area contributed by atoms with Crippen LogP contribution in [-0.4, -0.2) is 44.7 Å². The molecule has 0 saturated heterocycles. The lowest BCUT2D eigenvalue weighted by Gasteiger charge is -2.69. The molecule has 21 heavy (non-hydrogen) atoms. The Kier molecular flexibility index (Phi) is 2.31. The van der Waals surface area contributed by atoms with Crippen molar-refractivity contribution in [3.05, 3.63) is 18.2 Å². The quantitative estimate of drug-likeness (QED) is 0.849. The molecule has 1 amide bonds. The predicted molar refractivity (Wildman–Crippen MR) is 77.4 cm³/mol. The van der Waals surface area contributed by atoms with Gasteiger partial charge in [0.1, 0.15) is 5.82 Å². The van der Waals surface area contributed by atoms with Crippen LogP contribution in [0.25, 0.3) is 11.0 Å². The van der Waals surface area contributed by atoms with Gasteiger partial charge in [0, 0.05) is 33.8 Å². The van der Waals surface area contributed by atoms with E-state index in [0.29, 0.717) is 0 Å². The molecule has 0 unspecified atom stereocenters. The summed E-state index contributed by atoms with van der Waals surface area (Å²) in [6.45, 7) is 0. The molecule has 0 aromatic carbocycles. The summed E-state index contributed by atoms with van der Waals surface area (Å²) in [5.74, 6) is 1.16. The molecule has 110 valence electrons. The Balaban J connectivity index is 1.51. The summed E-state index contributed by atoms with van der Waals surface area (Å²) in [5.41, 5.74) is 1.07. The number of aryl methyl sites for hydroxylation is 1. The zero-order chi connectivity index (χ0) is 14.8. The molecule has 2 heterocycles. The van der Waals surface area contributed by atoms with Crippen molar-refractivity contribution in [2.75, 3.05) is 14.1 Å². The van der Waals surface area contributed by atoms with E-state index >= 15 is 0 Å². The first-order valence-corrected chi connectivity index (χ1v) is 7.29. The first-order chi connectivity index (χ1) is 9.93. The molecule has 3 aliphatic carbocycles. The average Bonchev–Trinajstić information content (AvgIpc) is 2.73. The molecule has 2 aromatic heterocycles. The van der Waals surface area contributed by atoms with Crippen molar-refractivity contribution in [2.24, 2.45) is 17.9 Å². The molecule has 3 saturated carbocycles. The van der Waals surface area contributed by atoms with Gasteiger partial charge in [-0.1, -0.05) is 0 Å². The van der Waals surface area contributed by atoms with Gasteiger partial charge >= 0.3 is 0 Å². The molecule has 3 aliphatic rings. The van der Waals surface area contributed by atoms with E-state index < -0.39 is 0 Å². The molecule has 3 fully saturated rings.